The summed E-state index contributed by atoms with van der Waals surface area (Å²) in [6, 6.07) is 10.8. The largest absolute Gasteiger partial charge is 0.492 e. The van der Waals surface area contributed by atoms with E-state index in [9.17, 15) is 14.4 Å². The first-order valence-corrected chi connectivity index (χ1v) is 10.3. The predicted molar refractivity (Wildman–Crippen MR) is 118 cm³/mol. The number of carbonyl (C=O) groups excluding carboxylic acids is 3. The molecule has 0 spiro atoms. The van der Waals surface area contributed by atoms with E-state index in [0.717, 1.165) is 11.3 Å². The number of imide groups is 2. The number of anilines is 1. The number of barbiturate groups is 1. The van der Waals surface area contributed by atoms with Gasteiger partial charge in [0.1, 0.15) is 17.1 Å². The second kappa shape index (κ2) is 9.66. The SMILES string of the molecule is CCOc1ccccc1N1C(=O)NC(=O)/C(=C\c2ccc(O[C@H](C)CC)c(Cl)c2)C1=O. The summed E-state index contributed by atoms with van der Waals surface area (Å²) in [5, 5.41) is 2.56. The maximum atomic E-state index is 13.1. The topological polar surface area (TPSA) is 84.9 Å². The van der Waals surface area contributed by atoms with E-state index < -0.39 is 17.8 Å². The molecule has 2 aromatic rings. The standard InChI is InChI=1S/C23H23ClN2O5/c1-4-14(3)31-19-11-10-15(13-17(19)24)12-16-21(27)25-23(29)26(22(16)28)18-8-6-7-9-20(18)30-5-2/h6-14H,4-5H2,1-3H3,(H,25,27,29)/b16-12+/t14-/m1/s1. The summed E-state index contributed by atoms with van der Waals surface area (Å²) in [6.45, 7) is 6.08. The fourth-order valence-corrected chi connectivity index (χ4v) is 3.20. The molecule has 0 unspecified atom stereocenters. The van der Waals surface area contributed by atoms with Gasteiger partial charge >= 0.3 is 6.03 Å². The molecule has 0 radical (unpaired) electrons. The van der Waals surface area contributed by atoms with E-state index >= 15 is 0 Å². The molecule has 1 saturated heterocycles. The molecule has 162 valence electrons. The molecule has 1 atom stereocenters. The van der Waals surface area contributed by atoms with Crippen LogP contribution in [0.2, 0.25) is 5.02 Å². The van der Waals surface area contributed by atoms with Gasteiger partial charge in [-0.15, -0.1) is 0 Å². The summed E-state index contributed by atoms with van der Waals surface area (Å²) in [6.07, 6.45) is 2.21. The van der Waals surface area contributed by atoms with Crippen LogP contribution in [0.1, 0.15) is 32.8 Å². The number of para-hydroxylation sites is 2. The highest BCUT2D eigenvalue weighted by Crippen LogP contribution is 2.32. The molecule has 0 aromatic heterocycles. The van der Waals surface area contributed by atoms with Gasteiger partial charge in [0.25, 0.3) is 11.8 Å². The van der Waals surface area contributed by atoms with Crippen molar-refractivity contribution in [2.45, 2.75) is 33.3 Å². The van der Waals surface area contributed by atoms with Gasteiger partial charge in [0.2, 0.25) is 0 Å². The number of nitrogens with zero attached hydrogens (tertiary/aromatic N) is 1. The van der Waals surface area contributed by atoms with Crippen LogP contribution in [0.4, 0.5) is 10.5 Å². The summed E-state index contributed by atoms with van der Waals surface area (Å²) >= 11 is 6.30. The van der Waals surface area contributed by atoms with Gasteiger partial charge in [-0.1, -0.05) is 36.7 Å². The van der Waals surface area contributed by atoms with Crippen LogP contribution < -0.4 is 19.7 Å². The van der Waals surface area contributed by atoms with E-state index in [1.807, 2.05) is 13.8 Å². The van der Waals surface area contributed by atoms with Gasteiger partial charge in [-0.3, -0.25) is 14.9 Å². The van der Waals surface area contributed by atoms with E-state index in [4.69, 9.17) is 21.1 Å². The number of amides is 4. The molecule has 0 saturated carbocycles. The van der Waals surface area contributed by atoms with Crippen molar-refractivity contribution in [2.75, 3.05) is 11.5 Å². The number of benzene rings is 2. The highest BCUT2D eigenvalue weighted by atomic mass is 35.5. The molecular weight excluding hydrogens is 420 g/mol. The molecule has 2 aromatic carbocycles. The monoisotopic (exact) mass is 442 g/mol. The quantitative estimate of drug-likeness (QED) is 0.501. The van der Waals surface area contributed by atoms with E-state index in [-0.39, 0.29) is 17.4 Å². The average Bonchev–Trinajstić information content (AvgIpc) is 2.74. The van der Waals surface area contributed by atoms with Crippen LogP contribution in [-0.2, 0) is 9.59 Å². The molecule has 1 fully saturated rings. The Labute approximate surface area is 185 Å². The number of hydrogen-bond acceptors (Lipinski definition) is 5. The lowest BCUT2D eigenvalue weighted by Crippen LogP contribution is -2.54. The van der Waals surface area contributed by atoms with Crippen LogP contribution in [0.15, 0.2) is 48.0 Å². The van der Waals surface area contributed by atoms with Gasteiger partial charge < -0.3 is 9.47 Å². The van der Waals surface area contributed by atoms with Crippen molar-refractivity contribution >= 4 is 41.2 Å². The zero-order chi connectivity index (χ0) is 22.5. The molecule has 0 bridgehead atoms. The number of carbonyl (C=O) groups is 3. The normalized spacial score (nSPS) is 16.3. The van der Waals surface area contributed by atoms with Crippen LogP contribution in [0.3, 0.4) is 0 Å². The molecule has 4 amide bonds. The summed E-state index contributed by atoms with van der Waals surface area (Å²) < 4.78 is 11.3. The minimum atomic E-state index is -0.838. The van der Waals surface area contributed by atoms with Gasteiger partial charge in [-0.2, -0.15) is 0 Å². The Kier molecular flexibility index (Phi) is 6.97. The molecule has 31 heavy (non-hydrogen) atoms. The maximum absolute atomic E-state index is 13.1. The second-order valence-electron chi connectivity index (χ2n) is 6.89. The van der Waals surface area contributed by atoms with Gasteiger partial charge in [0.05, 0.1) is 23.4 Å². The second-order valence-corrected chi connectivity index (χ2v) is 7.29. The van der Waals surface area contributed by atoms with Gasteiger partial charge in [0.15, 0.2) is 0 Å². The van der Waals surface area contributed by atoms with Crippen molar-refractivity contribution in [1.29, 1.82) is 0 Å². The molecule has 1 aliphatic rings. The first kappa shape index (κ1) is 22.4. The van der Waals surface area contributed by atoms with E-state index in [2.05, 4.69) is 5.32 Å². The third-order valence-corrected chi connectivity index (χ3v) is 4.97. The van der Waals surface area contributed by atoms with E-state index in [1.54, 1.807) is 49.4 Å². The summed E-state index contributed by atoms with van der Waals surface area (Å²) in [5.74, 6) is -0.662. The Balaban J connectivity index is 1.95. The lowest BCUT2D eigenvalue weighted by Gasteiger charge is -2.27. The molecule has 1 aliphatic heterocycles. The Morgan fingerprint density at radius 2 is 1.84 bits per heavy atom. The van der Waals surface area contributed by atoms with Gasteiger partial charge in [-0.05, 0) is 56.2 Å². The molecule has 0 aliphatic carbocycles. The highest BCUT2D eigenvalue weighted by molar-refractivity contribution is 6.39. The van der Waals surface area contributed by atoms with E-state index in [0.29, 0.717) is 28.7 Å². The molecule has 8 heteroatoms. The number of hydrogen-bond donors (Lipinski definition) is 1. The van der Waals surface area contributed by atoms with E-state index in [1.165, 1.54) is 6.08 Å². The fourth-order valence-electron chi connectivity index (χ4n) is 2.96. The summed E-state index contributed by atoms with van der Waals surface area (Å²) in [5.41, 5.74) is 0.575. The maximum Gasteiger partial charge on any atom is 0.336 e. The zero-order valence-electron chi connectivity index (χ0n) is 17.5. The number of rotatable bonds is 7. The van der Waals surface area contributed by atoms with Crippen LogP contribution in [-0.4, -0.2) is 30.6 Å². The van der Waals surface area contributed by atoms with Crippen LogP contribution in [0.25, 0.3) is 6.08 Å². The minimum absolute atomic E-state index is 0.00242. The Morgan fingerprint density at radius 1 is 1.10 bits per heavy atom. The highest BCUT2D eigenvalue weighted by Gasteiger charge is 2.38. The Morgan fingerprint density at radius 3 is 2.52 bits per heavy atom. The summed E-state index contributed by atoms with van der Waals surface area (Å²) in [4.78, 5) is 38.9. The van der Waals surface area contributed by atoms with Crippen molar-refractivity contribution < 1.29 is 23.9 Å². The zero-order valence-corrected chi connectivity index (χ0v) is 18.2. The van der Waals surface area contributed by atoms with Gasteiger partial charge in [-0.25, -0.2) is 9.69 Å². The van der Waals surface area contributed by atoms with Crippen molar-refractivity contribution in [2.24, 2.45) is 0 Å². The third kappa shape index (κ3) is 4.88. The Bertz CT molecular complexity index is 1050. The number of urea groups is 1. The van der Waals surface area contributed by atoms with Crippen molar-refractivity contribution in [1.82, 2.24) is 5.32 Å². The molecule has 3 rings (SSSR count). The van der Waals surface area contributed by atoms with Crippen LogP contribution in [0, 0.1) is 0 Å². The summed E-state index contributed by atoms with van der Waals surface area (Å²) in [7, 11) is 0. The average molecular weight is 443 g/mol. The lowest BCUT2D eigenvalue weighted by molar-refractivity contribution is -0.122. The molecule has 7 nitrogen and oxygen atoms in total. The van der Waals surface area contributed by atoms with Crippen molar-refractivity contribution in [3.05, 3.63) is 58.6 Å². The smallest absolute Gasteiger partial charge is 0.336 e. The first-order valence-electron chi connectivity index (χ1n) is 9.95. The number of ether oxygens (including phenoxy) is 2. The first-order chi connectivity index (χ1) is 14.8. The van der Waals surface area contributed by atoms with Crippen LogP contribution in [0.5, 0.6) is 11.5 Å². The molecule has 1 N–H and O–H groups in total. The third-order valence-electron chi connectivity index (χ3n) is 4.68. The predicted octanol–water partition coefficient (Wildman–Crippen LogP) is 4.58. The number of halogens is 1. The Hall–Kier alpha value is -3.32. The molecular formula is C23H23ClN2O5. The van der Waals surface area contributed by atoms with Crippen molar-refractivity contribution in [3.63, 3.8) is 0 Å². The molecule has 1 heterocycles. The fraction of sp³-hybridized carbons (Fsp3) is 0.261. The van der Waals surface area contributed by atoms with Gasteiger partial charge in [0, 0.05) is 0 Å². The number of nitrogens with one attached hydrogen (secondary N) is 1. The van der Waals surface area contributed by atoms with Crippen molar-refractivity contribution in [3.8, 4) is 11.5 Å². The lowest BCUT2D eigenvalue weighted by atomic mass is 10.1. The minimum Gasteiger partial charge on any atom is -0.492 e. The van der Waals surface area contributed by atoms with Crippen LogP contribution >= 0.6 is 11.6 Å².